The van der Waals surface area contributed by atoms with Gasteiger partial charge in [0.2, 0.25) is 0 Å². The number of morpholine rings is 1. The Labute approximate surface area is 245 Å². The van der Waals surface area contributed by atoms with Gasteiger partial charge in [-0.1, -0.05) is 0 Å². The SMILES string of the molecule is CC1Oc2c(Br)cc(C3CCN(C4CN(C(=O)OC(C)(C)C)C4)CC3)cc2Nc2nccc(N3CCOCC3)c21. The molecule has 40 heavy (non-hydrogen) atoms. The number of fused-ring (bicyclic) bond motifs is 2. The zero-order valence-corrected chi connectivity index (χ0v) is 25.5. The first-order valence-corrected chi connectivity index (χ1v) is 15.3. The molecule has 2 aromatic rings. The Morgan fingerprint density at radius 2 is 1.85 bits per heavy atom. The average Bonchev–Trinajstić information content (AvgIpc) is 3.04. The predicted molar refractivity (Wildman–Crippen MR) is 159 cm³/mol. The van der Waals surface area contributed by atoms with Crippen molar-refractivity contribution in [2.24, 2.45) is 0 Å². The number of aromatic nitrogens is 1. The fourth-order valence-corrected chi connectivity index (χ4v) is 6.80. The topological polar surface area (TPSA) is 79.4 Å². The number of carbonyl (C=O) groups is 1. The first kappa shape index (κ1) is 27.6. The molecule has 1 N–H and O–H groups in total. The number of hydrogen-bond donors (Lipinski definition) is 1. The Bertz CT molecular complexity index is 1250. The molecule has 4 aliphatic rings. The van der Waals surface area contributed by atoms with E-state index >= 15 is 0 Å². The lowest BCUT2D eigenvalue weighted by Gasteiger charge is -2.47. The first-order valence-electron chi connectivity index (χ1n) is 14.5. The van der Waals surface area contributed by atoms with E-state index in [9.17, 15) is 4.79 Å². The zero-order chi connectivity index (χ0) is 28.0. The van der Waals surface area contributed by atoms with E-state index in [2.05, 4.69) is 56.2 Å². The Balaban J connectivity index is 1.13. The number of pyridine rings is 1. The molecule has 5 heterocycles. The average molecular weight is 615 g/mol. The van der Waals surface area contributed by atoms with Crippen LogP contribution in [-0.2, 0) is 9.47 Å². The van der Waals surface area contributed by atoms with Crippen molar-refractivity contribution in [3.05, 3.63) is 40.0 Å². The largest absolute Gasteiger partial charge is 0.482 e. The molecule has 1 aromatic carbocycles. The van der Waals surface area contributed by atoms with E-state index in [-0.39, 0.29) is 12.2 Å². The summed E-state index contributed by atoms with van der Waals surface area (Å²) in [5.74, 6) is 2.15. The highest BCUT2D eigenvalue weighted by molar-refractivity contribution is 9.10. The molecule has 1 atom stereocenters. The molecule has 1 unspecified atom stereocenters. The van der Waals surface area contributed by atoms with Crippen LogP contribution in [0.5, 0.6) is 5.75 Å². The van der Waals surface area contributed by atoms with Crippen LogP contribution in [0.1, 0.15) is 63.7 Å². The maximum Gasteiger partial charge on any atom is 0.410 e. The van der Waals surface area contributed by atoms with Gasteiger partial charge in [0, 0.05) is 44.1 Å². The minimum Gasteiger partial charge on any atom is -0.482 e. The van der Waals surface area contributed by atoms with Crippen LogP contribution >= 0.6 is 15.9 Å². The first-order chi connectivity index (χ1) is 19.2. The van der Waals surface area contributed by atoms with E-state index in [4.69, 9.17) is 19.2 Å². The van der Waals surface area contributed by atoms with Gasteiger partial charge in [0.15, 0.2) is 5.75 Å². The second kappa shape index (κ2) is 11.0. The lowest BCUT2D eigenvalue weighted by atomic mass is 9.88. The second-order valence-corrected chi connectivity index (χ2v) is 13.2. The van der Waals surface area contributed by atoms with Gasteiger partial charge in [-0.2, -0.15) is 0 Å². The Kier molecular flexibility index (Phi) is 7.61. The minimum absolute atomic E-state index is 0.150. The number of nitrogens with zero attached hydrogens (tertiary/aromatic N) is 4. The molecule has 6 rings (SSSR count). The maximum absolute atomic E-state index is 12.3. The molecule has 3 saturated heterocycles. The van der Waals surface area contributed by atoms with Crippen molar-refractivity contribution in [2.75, 3.05) is 62.7 Å². The Morgan fingerprint density at radius 3 is 2.55 bits per heavy atom. The van der Waals surface area contributed by atoms with Crippen LogP contribution in [-0.4, -0.2) is 85.0 Å². The molecular formula is C30H40BrN5O4. The number of likely N-dealkylation sites (tertiary alicyclic amines) is 2. The van der Waals surface area contributed by atoms with Gasteiger partial charge in [-0.25, -0.2) is 9.78 Å². The summed E-state index contributed by atoms with van der Waals surface area (Å²) in [6, 6.07) is 6.99. The van der Waals surface area contributed by atoms with Crippen molar-refractivity contribution in [2.45, 2.75) is 64.2 Å². The molecule has 0 saturated carbocycles. The lowest BCUT2D eigenvalue weighted by Crippen LogP contribution is -2.62. The van der Waals surface area contributed by atoms with Gasteiger partial charge in [0.1, 0.15) is 17.5 Å². The second-order valence-electron chi connectivity index (χ2n) is 12.3. The number of piperidine rings is 1. The van der Waals surface area contributed by atoms with Gasteiger partial charge in [0.05, 0.1) is 28.9 Å². The van der Waals surface area contributed by atoms with Crippen molar-refractivity contribution in [1.82, 2.24) is 14.8 Å². The van der Waals surface area contributed by atoms with E-state index in [1.165, 1.54) is 5.56 Å². The third-order valence-electron chi connectivity index (χ3n) is 8.37. The molecule has 1 amide bonds. The van der Waals surface area contributed by atoms with Crippen LogP contribution in [0, 0.1) is 0 Å². The van der Waals surface area contributed by atoms with Crippen LogP contribution in [0.3, 0.4) is 0 Å². The number of rotatable bonds is 3. The number of nitrogens with one attached hydrogen (secondary N) is 1. The molecule has 0 bridgehead atoms. The predicted octanol–water partition coefficient (Wildman–Crippen LogP) is 5.68. The summed E-state index contributed by atoms with van der Waals surface area (Å²) in [5, 5.41) is 3.63. The highest BCUT2D eigenvalue weighted by Gasteiger charge is 2.38. The van der Waals surface area contributed by atoms with Gasteiger partial charge in [-0.15, -0.1) is 0 Å². The number of carbonyl (C=O) groups excluding carboxylic acids is 1. The summed E-state index contributed by atoms with van der Waals surface area (Å²) in [4.78, 5) is 23.8. The fraction of sp³-hybridized carbons (Fsp3) is 0.600. The summed E-state index contributed by atoms with van der Waals surface area (Å²) in [5.41, 5.74) is 4.06. The summed E-state index contributed by atoms with van der Waals surface area (Å²) in [6.45, 7) is 14.6. The zero-order valence-electron chi connectivity index (χ0n) is 23.9. The molecule has 10 heteroatoms. The third kappa shape index (κ3) is 5.63. The van der Waals surface area contributed by atoms with Gasteiger partial charge < -0.3 is 29.3 Å². The highest BCUT2D eigenvalue weighted by Crippen LogP contribution is 2.47. The van der Waals surface area contributed by atoms with Crippen LogP contribution in [0.4, 0.5) is 22.0 Å². The third-order valence-corrected chi connectivity index (χ3v) is 8.96. The fourth-order valence-electron chi connectivity index (χ4n) is 6.23. The van der Waals surface area contributed by atoms with Gasteiger partial charge in [-0.05, 0) is 99.2 Å². The maximum atomic E-state index is 12.3. The summed E-state index contributed by atoms with van der Waals surface area (Å²) < 4.78 is 18.6. The lowest BCUT2D eigenvalue weighted by molar-refractivity contribution is -0.0196. The highest BCUT2D eigenvalue weighted by atomic mass is 79.9. The molecule has 4 aliphatic heterocycles. The van der Waals surface area contributed by atoms with Gasteiger partial charge in [-0.3, -0.25) is 4.90 Å². The van der Waals surface area contributed by atoms with E-state index in [0.717, 1.165) is 98.3 Å². The smallest absolute Gasteiger partial charge is 0.410 e. The molecular weight excluding hydrogens is 574 g/mol. The van der Waals surface area contributed by atoms with Crippen LogP contribution < -0.4 is 15.0 Å². The minimum atomic E-state index is -0.455. The molecule has 3 fully saturated rings. The van der Waals surface area contributed by atoms with Crippen molar-refractivity contribution in [3.63, 3.8) is 0 Å². The number of amides is 1. The van der Waals surface area contributed by atoms with Crippen molar-refractivity contribution in [3.8, 4) is 5.75 Å². The quantitative estimate of drug-likeness (QED) is 0.474. The molecule has 1 aromatic heterocycles. The number of hydrogen-bond acceptors (Lipinski definition) is 8. The molecule has 0 spiro atoms. The van der Waals surface area contributed by atoms with Gasteiger partial charge >= 0.3 is 6.09 Å². The normalized spacial score (nSPS) is 22.4. The van der Waals surface area contributed by atoms with Gasteiger partial charge in [0.25, 0.3) is 0 Å². The van der Waals surface area contributed by atoms with E-state index in [1.807, 2.05) is 31.9 Å². The van der Waals surface area contributed by atoms with E-state index in [0.29, 0.717) is 12.0 Å². The number of halogens is 1. The standard InChI is InChI=1S/C30H40BrN5O4/c1-19-26-25(35-11-13-38-14-12-35)5-8-32-28(26)33-24-16-21(15-23(31)27(24)39-19)20-6-9-34(10-7-20)22-17-36(18-22)29(37)40-30(2,3)4/h5,8,15-16,19-20,22H,6-7,9-14,17-18H2,1-4H3,(H,32,33). The number of benzene rings is 1. The summed E-state index contributed by atoms with van der Waals surface area (Å²) >= 11 is 3.83. The molecule has 0 radical (unpaired) electrons. The molecule has 9 nitrogen and oxygen atoms in total. The summed E-state index contributed by atoms with van der Waals surface area (Å²) in [7, 11) is 0. The molecule has 216 valence electrons. The monoisotopic (exact) mass is 613 g/mol. The Morgan fingerprint density at radius 1 is 1.12 bits per heavy atom. The van der Waals surface area contributed by atoms with Crippen LogP contribution in [0.2, 0.25) is 0 Å². The van der Waals surface area contributed by atoms with Crippen LogP contribution in [0.25, 0.3) is 0 Å². The van der Waals surface area contributed by atoms with E-state index < -0.39 is 5.60 Å². The number of anilines is 3. The van der Waals surface area contributed by atoms with Crippen molar-refractivity contribution in [1.29, 1.82) is 0 Å². The Hall–Kier alpha value is -2.56. The van der Waals surface area contributed by atoms with Crippen molar-refractivity contribution < 1.29 is 19.0 Å². The molecule has 0 aliphatic carbocycles. The summed E-state index contributed by atoms with van der Waals surface area (Å²) in [6.07, 6.45) is 3.70. The van der Waals surface area contributed by atoms with Crippen LogP contribution in [0.15, 0.2) is 28.9 Å². The van der Waals surface area contributed by atoms with E-state index in [1.54, 1.807) is 0 Å². The number of ether oxygens (including phenoxy) is 3. The van der Waals surface area contributed by atoms with Crippen molar-refractivity contribution >= 4 is 39.2 Å².